The van der Waals surface area contributed by atoms with Crippen molar-refractivity contribution in [1.29, 1.82) is 0 Å². The van der Waals surface area contributed by atoms with Crippen LogP contribution in [0.5, 0.6) is 0 Å². The standard InChI is InChI=1S/C21H32O4/c1-15(2)8-6-9-16(3)10-7-11-17-12-13-18(20(22)24-4)19(14-17)21(23)25-5/h8,10,12,18-19H,6-7,9,11,13-14H2,1-5H3. The molecule has 0 N–H and O–H groups in total. The van der Waals surface area contributed by atoms with Gasteiger partial charge in [-0.2, -0.15) is 0 Å². The summed E-state index contributed by atoms with van der Waals surface area (Å²) in [7, 11) is 2.73. The molecule has 140 valence electrons. The minimum atomic E-state index is -0.430. The lowest BCUT2D eigenvalue weighted by atomic mass is 9.78. The Kier molecular flexibility index (Phi) is 9.25. The van der Waals surface area contributed by atoms with Crippen molar-refractivity contribution < 1.29 is 19.1 Å². The SMILES string of the molecule is COC(=O)C1CC=C(CCC=C(C)CCC=C(C)C)CC1C(=O)OC. The number of carbonyl (C=O) groups is 2. The topological polar surface area (TPSA) is 52.6 Å². The summed E-state index contributed by atoms with van der Waals surface area (Å²) in [4.78, 5) is 23.9. The molecule has 0 bridgehead atoms. The highest BCUT2D eigenvalue weighted by Crippen LogP contribution is 2.33. The van der Waals surface area contributed by atoms with Crippen molar-refractivity contribution in [2.75, 3.05) is 14.2 Å². The van der Waals surface area contributed by atoms with E-state index < -0.39 is 11.8 Å². The first-order valence-corrected chi connectivity index (χ1v) is 9.01. The van der Waals surface area contributed by atoms with Crippen molar-refractivity contribution in [2.24, 2.45) is 11.8 Å². The summed E-state index contributed by atoms with van der Waals surface area (Å²) in [6, 6.07) is 0. The number of carbonyl (C=O) groups excluding carboxylic acids is 2. The molecule has 0 saturated heterocycles. The monoisotopic (exact) mass is 348 g/mol. The van der Waals surface area contributed by atoms with Crippen LogP contribution in [0.1, 0.15) is 59.3 Å². The molecule has 1 aliphatic rings. The third-order valence-electron chi connectivity index (χ3n) is 4.69. The van der Waals surface area contributed by atoms with Crippen LogP contribution in [0.2, 0.25) is 0 Å². The van der Waals surface area contributed by atoms with E-state index in [-0.39, 0.29) is 11.9 Å². The fourth-order valence-electron chi connectivity index (χ4n) is 3.18. The zero-order valence-electron chi connectivity index (χ0n) is 16.3. The van der Waals surface area contributed by atoms with E-state index in [1.165, 1.54) is 30.9 Å². The number of hydrogen-bond acceptors (Lipinski definition) is 4. The van der Waals surface area contributed by atoms with Crippen LogP contribution in [0.3, 0.4) is 0 Å². The van der Waals surface area contributed by atoms with Gasteiger partial charge >= 0.3 is 11.9 Å². The first kappa shape index (κ1) is 21.2. The third kappa shape index (κ3) is 7.29. The minimum Gasteiger partial charge on any atom is -0.469 e. The second-order valence-corrected chi connectivity index (χ2v) is 6.97. The van der Waals surface area contributed by atoms with Crippen LogP contribution in [-0.2, 0) is 19.1 Å². The summed E-state index contributed by atoms with van der Waals surface area (Å²) in [5, 5.41) is 0. The number of rotatable bonds is 8. The zero-order valence-corrected chi connectivity index (χ0v) is 16.3. The maximum Gasteiger partial charge on any atom is 0.309 e. The van der Waals surface area contributed by atoms with Crippen LogP contribution in [-0.4, -0.2) is 26.2 Å². The largest absolute Gasteiger partial charge is 0.469 e. The van der Waals surface area contributed by atoms with Crippen LogP contribution in [0.4, 0.5) is 0 Å². The summed E-state index contributed by atoms with van der Waals surface area (Å²) in [5.74, 6) is -1.52. The molecule has 0 fully saturated rings. The van der Waals surface area contributed by atoms with E-state index in [0.29, 0.717) is 12.8 Å². The lowest BCUT2D eigenvalue weighted by molar-refractivity contribution is -0.157. The van der Waals surface area contributed by atoms with Gasteiger partial charge in [0, 0.05) is 0 Å². The highest BCUT2D eigenvalue weighted by atomic mass is 16.5. The average Bonchev–Trinajstić information content (AvgIpc) is 2.59. The number of methoxy groups -OCH3 is 2. The van der Waals surface area contributed by atoms with Crippen LogP contribution < -0.4 is 0 Å². The Hall–Kier alpha value is -1.84. The first-order valence-electron chi connectivity index (χ1n) is 9.01. The van der Waals surface area contributed by atoms with Crippen molar-refractivity contribution >= 4 is 11.9 Å². The lowest BCUT2D eigenvalue weighted by Crippen LogP contribution is -2.33. The molecule has 0 aromatic rings. The van der Waals surface area contributed by atoms with E-state index in [2.05, 4.69) is 39.0 Å². The van der Waals surface area contributed by atoms with Gasteiger partial charge in [-0.1, -0.05) is 34.9 Å². The molecule has 1 rings (SSSR count). The highest BCUT2D eigenvalue weighted by Gasteiger charge is 2.37. The zero-order chi connectivity index (χ0) is 18.8. The van der Waals surface area contributed by atoms with Gasteiger partial charge in [0.25, 0.3) is 0 Å². The van der Waals surface area contributed by atoms with Gasteiger partial charge in [0.2, 0.25) is 0 Å². The molecule has 0 aromatic carbocycles. The fourth-order valence-corrected chi connectivity index (χ4v) is 3.18. The Morgan fingerprint density at radius 3 is 2.28 bits per heavy atom. The highest BCUT2D eigenvalue weighted by molar-refractivity contribution is 5.82. The maximum absolute atomic E-state index is 12.0. The lowest BCUT2D eigenvalue weighted by Gasteiger charge is -2.27. The van der Waals surface area contributed by atoms with Gasteiger partial charge < -0.3 is 9.47 Å². The molecule has 4 nitrogen and oxygen atoms in total. The van der Waals surface area contributed by atoms with E-state index in [1.807, 2.05) is 0 Å². The van der Waals surface area contributed by atoms with Crippen LogP contribution in [0, 0.1) is 11.8 Å². The van der Waals surface area contributed by atoms with Crippen LogP contribution >= 0.6 is 0 Å². The number of ether oxygens (including phenoxy) is 2. The average molecular weight is 348 g/mol. The van der Waals surface area contributed by atoms with Gasteiger partial charge in [-0.05, 0) is 59.3 Å². The van der Waals surface area contributed by atoms with E-state index >= 15 is 0 Å². The van der Waals surface area contributed by atoms with Crippen molar-refractivity contribution in [3.05, 3.63) is 34.9 Å². The summed E-state index contributed by atoms with van der Waals surface area (Å²) in [5.41, 5.74) is 3.98. The molecular weight excluding hydrogens is 316 g/mol. The molecule has 25 heavy (non-hydrogen) atoms. The van der Waals surface area contributed by atoms with Crippen molar-refractivity contribution in [3.63, 3.8) is 0 Å². The molecule has 4 heteroatoms. The molecule has 0 heterocycles. The first-order chi connectivity index (χ1) is 11.9. The predicted molar refractivity (Wildman–Crippen MR) is 100.0 cm³/mol. The number of allylic oxidation sites excluding steroid dienone is 6. The van der Waals surface area contributed by atoms with Crippen molar-refractivity contribution in [2.45, 2.75) is 59.3 Å². The Labute approximate surface area is 152 Å². The van der Waals surface area contributed by atoms with Crippen molar-refractivity contribution in [3.8, 4) is 0 Å². The Balaban J connectivity index is 2.59. The van der Waals surface area contributed by atoms with Gasteiger partial charge in [0.15, 0.2) is 0 Å². The van der Waals surface area contributed by atoms with Crippen LogP contribution in [0.15, 0.2) is 34.9 Å². The Morgan fingerprint density at radius 2 is 1.68 bits per heavy atom. The normalized spacial score (nSPS) is 20.5. The summed E-state index contributed by atoms with van der Waals surface area (Å²) in [6.07, 6.45) is 11.8. The summed E-state index contributed by atoms with van der Waals surface area (Å²) >= 11 is 0. The van der Waals surface area contributed by atoms with Gasteiger partial charge in [0.1, 0.15) is 0 Å². The molecule has 0 spiro atoms. The fraction of sp³-hybridized carbons (Fsp3) is 0.619. The number of esters is 2. The van der Waals surface area contributed by atoms with Gasteiger partial charge in [-0.3, -0.25) is 9.59 Å². The Morgan fingerprint density at radius 1 is 1.04 bits per heavy atom. The molecule has 0 saturated carbocycles. The van der Waals surface area contributed by atoms with E-state index in [4.69, 9.17) is 9.47 Å². The smallest absolute Gasteiger partial charge is 0.309 e. The predicted octanol–water partition coefficient (Wildman–Crippen LogP) is 4.76. The van der Waals surface area contributed by atoms with E-state index in [1.54, 1.807) is 0 Å². The molecule has 0 aromatic heterocycles. The van der Waals surface area contributed by atoms with Crippen LogP contribution in [0.25, 0.3) is 0 Å². The quantitative estimate of drug-likeness (QED) is 0.469. The van der Waals surface area contributed by atoms with Gasteiger partial charge in [0.05, 0.1) is 26.1 Å². The Bertz CT molecular complexity index is 550. The third-order valence-corrected chi connectivity index (χ3v) is 4.69. The molecule has 0 radical (unpaired) electrons. The van der Waals surface area contributed by atoms with Gasteiger partial charge in [-0.15, -0.1) is 0 Å². The molecule has 0 amide bonds. The van der Waals surface area contributed by atoms with Gasteiger partial charge in [-0.25, -0.2) is 0 Å². The minimum absolute atomic E-state index is 0.325. The number of hydrogen-bond donors (Lipinski definition) is 0. The molecule has 2 atom stereocenters. The second kappa shape index (κ2) is 10.9. The molecule has 2 unspecified atom stereocenters. The molecular formula is C21H32O4. The molecule has 1 aliphatic carbocycles. The van der Waals surface area contributed by atoms with E-state index in [9.17, 15) is 9.59 Å². The molecule has 0 aliphatic heterocycles. The van der Waals surface area contributed by atoms with E-state index in [0.717, 1.165) is 25.7 Å². The van der Waals surface area contributed by atoms with Crippen molar-refractivity contribution in [1.82, 2.24) is 0 Å². The maximum atomic E-state index is 12.0. The summed E-state index contributed by atoms with van der Waals surface area (Å²) in [6.45, 7) is 6.40. The summed E-state index contributed by atoms with van der Waals surface area (Å²) < 4.78 is 9.70. The second-order valence-electron chi connectivity index (χ2n) is 6.97.